The third-order valence-electron chi connectivity index (χ3n) is 6.14. The number of alkyl halides is 2. The van der Waals surface area contributed by atoms with Gasteiger partial charge in [-0.2, -0.15) is 8.78 Å². The number of nitrogens with one attached hydrogen (secondary N) is 1. The normalized spacial score (nSPS) is 20.2. The molecule has 1 saturated carbocycles. The second-order valence-electron chi connectivity index (χ2n) is 8.20. The van der Waals surface area contributed by atoms with E-state index < -0.39 is 12.3 Å². The van der Waals surface area contributed by atoms with Gasteiger partial charge in [0.1, 0.15) is 0 Å². The van der Waals surface area contributed by atoms with Crippen LogP contribution in [0.15, 0.2) is 47.0 Å². The maximum atomic E-state index is 13.3. The maximum absolute atomic E-state index is 13.3. The Bertz CT molecular complexity index is 1180. The first kappa shape index (κ1) is 21.2. The summed E-state index contributed by atoms with van der Waals surface area (Å²) in [7, 11) is 0. The molecule has 2 amide bonds. The standard InChI is InChI=1S/C23H21F2N5O3/c24-19(25)22-29-28-21(33-22)14-10-15-17(26-11-14)12-30(23(15)32)18-9-5-4-8-16(18)27-20(31)13-6-2-1-3-7-13/h1-3,6-7,10-11,16,18-19H,4-5,8-9,12H2,(H,27,31)/t16-,18?/m1/s1. The molecule has 5 rings (SSSR count). The first-order chi connectivity index (χ1) is 16.0. The van der Waals surface area contributed by atoms with Crippen molar-refractivity contribution in [2.24, 2.45) is 0 Å². The molecule has 1 fully saturated rings. The minimum atomic E-state index is -2.87. The van der Waals surface area contributed by atoms with E-state index >= 15 is 0 Å². The van der Waals surface area contributed by atoms with Gasteiger partial charge in [0.25, 0.3) is 17.7 Å². The molecule has 170 valence electrons. The van der Waals surface area contributed by atoms with Crippen LogP contribution < -0.4 is 5.32 Å². The number of aromatic nitrogens is 3. The summed E-state index contributed by atoms with van der Waals surface area (Å²) >= 11 is 0. The molecule has 2 aliphatic rings. The Hall–Kier alpha value is -3.69. The van der Waals surface area contributed by atoms with Crippen LogP contribution in [-0.4, -0.2) is 44.0 Å². The highest BCUT2D eigenvalue weighted by Gasteiger charge is 2.39. The van der Waals surface area contributed by atoms with Crippen molar-refractivity contribution >= 4 is 11.8 Å². The topological polar surface area (TPSA) is 101 Å². The zero-order valence-corrected chi connectivity index (χ0v) is 17.6. The van der Waals surface area contributed by atoms with Gasteiger partial charge in [-0.1, -0.05) is 31.0 Å². The number of nitrogens with zero attached hydrogens (tertiary/aromatic N) is 4. The van der Waals surface area contributed by atoms with E-state index in [4.69, 9.17) is 4.42 Å². The Balaban J connectivity index is 1.35. The van der Waals surface area contributed by atoms with Crippen LogP contribution in [0.4, 0.5) is 8.78 Å². The molecule has 1 unspecified atom stereocenters. The number of halogens is 2. The van der Waals surface area contributed by atoms with Crippen molar-refractivity contribution in [1.82, 2.24) is 25.4 Å². The molecule has 33 heavy (non-hydrogen) atoms. The molecule has 0 bridgehead atoms. The third kappa shape index (κ3) is 4.08. The number of carbonyl (C=O) groups is 2. The van der Waals surface area contributed by atoms with E-state index in [9.17, 15) is 18.4 Å². The van der Waals surface area contributed by atoms with Crippen molar-refractivity contribution in [2.45, 2.75) is 50.7 Å². The molecule has 2 aromatic heterocycles. The first-order valence-electron chi connectivity index (χ1n) is 10.8. The van der Waals surface area contributed by atoms with Crippen LogP contribution in [0.2, 0.25) is 0 Å². The summed E-state index contributed by atoms with van der Waals surface area (Å²) in [5.41, 5.74) is 1.85. The average Bonchev–Trinajstić information content (AvgIpc) is 3.45. The van der Waals surface area contributed by atoms with Gasteiger partial charge in [-0.15, -0.1) is 10.2 Å². The molecule has 1 aliphatic heterocycles. The molecule has 0 saturated heterocycles. The lowest BCUT2D eigenvalue weighted by Crippen LogP contribution is -2.53. The molecule has 0 spiro atoms. The van der Waals surface area contributed by atoms with Crippen LogP contribution in [0.1, 0.15) is 64.4 Å². The van der Waals surface area contributed by atoms with E-state index in [0.717, 1.165) is 25.7 Å². The van der Waals surface area contributed by atoms with Gasteiger partial charge in [-0.3, -0.25) is 14.6 Å². The van der Waals surface area contributed by atoms with Crippen molar-refractivity contribution in [2.75, 3.05) is 0 Å². The van der Waals surface area contributed by atoms with Gasteiger partial charge in [0, 0.05) is 17.8 Å². The van der Waals surface area contributed by atoms with Gasteiger partial charge in [0.05, 0.1) is 29.4 Å². The second-order valence-corrected chi connectivity index (χ2v) is 8.20. The van der Waals surface area contributed by atoms with Gasteiger partial charge in [0.2, 0.25) is 5.89 Å². The number of hydrogen-bond donors (Lipinski definition) is 1. The van der Waals surface area contributed by atoms with Gasteiger partial charge in [-0.25, -0.2) is 0 Å². The number of fused-ring (bicyclic) bond motifs is 1. The highest BCUT2D eigenvalue weighted by molar-refractivity contribution is 5.99. The van der Waals surface area contributed by atoms with Crippen LogP contribution in [-0.2, 0) is 6.54 Å². The van der Waals surface area contributed by atoms with Gasteiger partial charge >= 0.3 is 6.43 Å². The molecule has 3 aromatic rings. The van der Waals surface area contributed by atoms with E-state index in [0.29, 0.717) is 28.9 Å². The number of amides is 2. The molecule has 1 N–H and O–H groups in total. The molecule has 3 heterocycles. The quantitative estimate of drug-likeness (QED) is 0.631. The van der Waals surface area contributed by atoms with E-state index in [-0.39, 0.29) is 29.8 Å². The molecule has 1 aliphatic carbocycles. The predicted molar refractivity (Wildman–Crippen MR) is 112 cm³/mol. The van der Waals surface area contributed by atoms with Crippen LogP contribution in [0.25, 0.3) is 11.5 Å². The Morgan fingerprint density at radius 2 is 1.94 bits per heavy atom. The van der Waals surface area contributed by atoms with Gasteiger partial charge < -0.3 is 14.6 Å². The Labute approximate surface area is 188 Å². The number of hydrogen-bond acceptors (Lipinski definition) is 6. The fraction of sp³-hybridized carbons (Fsp3) is 0.348. The highest BCUT2D eigenvalue weighted by atomic mass is 19.3. The highest BCUT2D eigenvalue weighted by Crippen LogP contribution is 2.33. The van der Waals surface area contributed by atoms with Crippen molar-refractivity contribution in [3.8, 4) is 11.5 Å². The Kier molecular flexibility index (Phi) is 5.57. The largest absolute Gasteiger partial charge is 0.415 e. The fourth-order valence-corrected chi connectivity index (χ4v) is 4.51. The van der Waals surface area contributed by atoms with Crippen molar-refractivity contribution in [3.63, 3.8) is 0 Å². The second kappa shape index (κ2) is 8.68. The summed E-state index contributed by atoms with van der Waals surface area (Å²) in [6, 6.07) is 10.2. The lowest BCUT2D eigenvalue weighted by molar-refractivity contribution is 0.0581. The van der Waals surface area contributed by atoms with Crippen molar-refractivity contribution in [1.29, 1.82) is 0 Å². The number of carbonyl (C=O) groups excluding carboxylic acids is 2. The van der Waals surface area contributed by atoms with Gasteiger partial charge in [0.15, 0.2) is 0 Å². The van der Waals surface area contributed by atoms with Crippen LogP contribution >= 0.6 is 0 Å². The lowest BCUT2D eigenvalue weighted by Gasteiger charge is -2.38. The minimum Gasteiger partial charge on any atom is -0.415 e. The average molecular weight is 453 g/mol. The smallest absolute Gasteiger partial charge is 0.314 e. The summed E-state index contributed by atoms with van der Waals surface area (Å²) < 4.78 is 30.5. The molecule has 0 radical (unpaired) electrons. The van der Waals surface area contributed by atoms with Crippen LogP contribution in [0.5, 0.6) is 0 Å². The Morgan fingerprint density at radius 1 is 1.15 bits per heavy atom. The number of pyridine rings is 1. The summed E-state index contributed by atoms with van der Waals surface area (Å²) in [5, 5.41) is 10.1. The lowest BCUT2D eigenvalue weighted by atomic mass is 9.89. The zero-order chi connectivity index (χ0) is 22.9. The first-order valence-corrected chi connectivity index (χ1v) is 10.8. The van der Waals surface area contributed by atoms with E-state index in [1.54, 1.807) is 23.1 Å². The number of rotatable bonds is 5. The third-order valence-corrected chi connectivity index (χ3v) is 6.14. The Morgan fingerprint density at radius 3 is 2.70 bits per heavy atom. The summed E-state index contributed by atoms with van der Waals surface area (Å²) in [4.78, 5) is 32.1. The molecule has 1 aromatic carbocycles. The van der Waals surface area contributed by atoms with Crippen molar-refractivity contribution in [3.05, 3.63) is 65.3 Å². The van der Waals surface area contributed by atoms with Crippen LogP contribution in [0.3, 0.4) is 0 Å². The molecular formula is C23H21F2N5O3. The SMILES string of the molecule is O=C(N[C@@H]1CCCCC1N1Cc2ncc(-c3nnc(C(F)F)o3)cc2C1=O)c1ccccc1. The molecular weight excluding hydrogens is 432 g/mol. The molecule has 8 nitrogen and oxygen atoms in total. The summed E-state index contributed by atoms with van der Waals surface area (Å²) in [6.07, 6.45) is 2.04. The predicted octanol–water partition coefficient (Wildman–Crippen LogP) is 3.77. The van der Waals surface area contributed by atoms with E-state index in [2.05, 4.69) is 20.5 Å². The minimum absolute atomic E-state index is 0.113. The van der Waals surface area contributed by atoms with E-state index in [1.807, 2.05) is 18.2 Å². The molecule has 10 heteroatoms. The summed E-state index contributed by atoms with van der Waals surface area (Å²) in [5.74, 6) is -1.27. The monoisotopic (exact) mass is 453 g/mol. The van der Waals surface area contributed by atoms with Gasteiger partial charge in [-0.05, 0) is 31.0 Å². The van der Waals surface area contributed by atoms with Crippen LogP contribution in [0, 0.1) is 0 Å². The summed E-state index contributed by atoms with van der Waals surface area (Å²) in [6.45, 7) is 0.322. The number of benzene rings is 1. The van der Waals surface area contributed by atoms with Crippen molar-refractivity contribution < 1.29 is 22.8 Å². The zero-order valence-electron chi connectivity index (χ0n) is 17.6. The fourth-order valence-electron chi connectivity index (χ4n) is 4.51. The maximum Gasteiger partial charge on any atom is 0.314 e. The molecule has 2 atom stereocenters. The van der Waals surface area contributed by atoms with E-state index in [1.165, 1.54) is 6.20 Å².